The molecule has 2 rings (SSSR count). The number of likely N-dealkylation sites (tertiary alicyclic amines) is 1. The second kappa shape index (κ2) is 11.7. The van der Waals surface area contributed by atoms with Crippen LogP contribution in [0.4, 0.5) is 0 Å². The van der Waals surface area contributed by atoms with Crippen LogP contribution in [0.1, 0.15) is 25.3 Å². The Labute approximate surface area is 158 Å². The van der Waals surface area contributed by atoms with Gasteiger partial charge < -0.3 is 15.5 Å². The normalized spacial score (nSPS) is 18.0. The minimum Gasteiger partial charge on any atom is -0.341 e. The smallest absolute Gasteiger partial charge is 0.239 e. The van der Waals surface area contributed by atoms with Crippen LogP contribution in [0.2, 0.25) is 0 Å². The van der Waals surface area contributed by atoms with Gasteiger partial charge in [-0.15, -0.1) is 24.8 Å². The van der Waals surface area contributed by atoms with E-state index in [9.17, 15) is 4.79 Å². The lowest BCUT2D eigenvalue weighted by Crippen LogP contribution is -2.44. The Hall–Kier alpha value is -0.810. The summed E-state index contributed by atoms with van der Waals surface area (Å²) < 4.78 is 0. The molecule has 2 N–H and O–H groups in total. The summed E-state index contributed by atoms with van der Waals surface area (Å²) in [6.45, 7) is 6.11. The molecule has 4 nitrogen and oxygen atoms in total. The van der Waals surface area contributed by atoms with Crippen LogP contribution in [0.3, 0.4) is 0 Å². The van der Waals surface area contributed by atoms with Gasteiger partial charge in [0.2, 0.25) is 5.91 Å². The molecule has 1 aliphatic heterocycles. The number of halogens is 2. The number of carbonyl (C=O) groups is 1. The van der Waals surface area contributed by atoms with Crippen LogP contribution in [0.5, 0.6) is 0 Å². The molecule has 2 atom stereocenters. The standard InChI is InChI=1S/C18H29N3O.2ClH/c1-3-10-20(2)13-16-9-11-21(14-16)18(22)17(19)12-15-7-5-4-6-8-15;;/h4-8,16-17H,3,9-14,19H2,1-2H3;2*1H. The average molecular weight is 376 g/mol. The Kier molecular flexibility index (Phi) is 11.3. The van der Waals surface area contributed by atoms with Gasteiger partial charge in [-0.25, -0.2) is 0 Å². The molecule has 138 valence electrons. The number of rotatable bonds is 7. The predicted molar refractivity (Wildman–Crippen MR) is 105 cm³/mol. The SMILES string of the molecule is CCCN(C)CC1CCN(C(=O)C(N)Cc2ccccc2)C1.Cl.Cl. The molecule has 0 spiro atoms. The molecule has 1 saturated heterocycles. The molecule has 1 heterocycles. The molecule has 2 unspecified atom stereocenters. The number of nitrogens with zero attached hydrogens (tertiary/aromatic N) is 2. The molecule has 1 aliphatic rings. The molecule has 6 heteroatoms. The molecular formula is C18H31Cl2N3O. The fraction of sp³-hybridized carbons (Fsp3) is 0.611. The van der Waals surface area contributed by atoms with Gasteiger partial charge in [-0.05, 0) is 44.3 Å². The zero-order valence-electron chi connectivity index (χ0n) is 14.7. The van der Waals surface area contributed by atoms with E-state index in [4.69, 9.17) is 5.73 Å². The first-order chi connectivity index (χ1) is 10.6. The van der Waals surface area contributed by atoms with Crippen molar-refractivity contribution >= 4 is 30.7 Å². The predicted octanol–water partition coefficient (Wildman–Crippen LogP) is 2.59. The van der Waals surface area contributed by atoms with Crippen LogP contribution >= 0.6 is 24.8 Å². The molecule has 0 saturated carbocycles. The van der Waals surface area contributed by atoms with Crippen molar-refractivity contribution in [1.29, 1.82) is 0 Å². The first kappa shape index (κ1) is 23.2. The molecule has 0 bridgehead atoms. The molecule has 0 aliphatic carbocycles. The van der Waals surface area contributed by atoms with Crippen LogP contribution in [-0.2, 0) is 11.2 Å². The number of carbonyl (C=O) groups excluding carboxylic acids is 1. The number of amides is 1. The van der Waals surface area contributed by atoms with Crippen molar-refractivity contribution < 1.29 is 4.79 Å². The fourth-order valence-electron chi connectivity index (χ4n) is 3.29. The minimum absolute atomic E-state index is 0. The zero-order valence-corrected chi connectivity index (χ0v) is 16.3. The number of hydrogen-bond acceptors (Lipinski definition) is 3. The summed E-state index contributed by atoms with van der Waals surface area (Å²) in [7, 11) is 2.16. The lowest BCUT2D eigenvalue weighted by atomic mass is 10.1. The summed E-state index contributed by atoms with van der Waals surface area (Å²) in [6, 6.07) is 9.59. The molecule has 1 aromatic rings. The third-order valence-electron chi connectivity index (χ3n) is 4.39. The van der Waals surface area contributed by atoms with Gasteiger partial charge in [-0.1, -0.05) is 37.3 Å². The van der Waals surface area contributed by atoms with E-state index in [1.165, 1.54) is 6.42 Å². The van der Waals surface area contributed by atoms with E-state index in [0.29, 0.717) is 12.3 Å². The summed E-state index contributed by atoms with van der Waals surface area (Å²) in [5.74, 6) is 0.689. The summed E-state index contributed by atoms with van der Waals surface area (Å²) in [5.41, 5.74) is 7.25. The molecule has 24 heavy (non-hydrogen) atoms. The molecule has 1 amide bonds. The Balaban J connectivity index is 0.00000264. The van der Waals surface area contributed by atoms with Gasteiger partial charge in [-0.2, -0.15) is 0 Å². The van der Waals surface area contributed by atoms with E-state index >= 15 is 0 Å². The highest BCUT2D eigenvalue weighted by molar-refractivity contribution is 5.85. The highest BCUT2D eigenvalue weighted by atomic mass is 35.5. The van der Waals surface area contributed by atoms with Crippen LogP contribution in [0, 0.1) is 5.92 Å². The van der Waals surface area contributed by atoms with Gasteiger partial charge in [0.05, 0.1) is 6.04 Å². The van der Waals surface area contributed by atoms with E-state index < -0.39 is 6.04 Å². The lowest BCUT2D eigenvalue weighted by molar-refractivity contribution is -0.131. The second-order valence-corrected chi connectivity index (χ2v) is 6.50. The van der Waals surface area contributed by atoms with Crippen molar-refractivity contribution in [3.8, 4) is 0 Å². The van der Waals surface area contributed by atoms with Gasteiger partial charge in [0, 0.05) is 19.6 Å². The quantitative estimate of drug-likeness (QED) is 0.796. The van der Waals surface area contributed by atoms with E-state index in [2.05, 4.69) is 18.9 Å². The Morgan fingerprint density at radius 3 is 2.62 bits per heavy atom. The second-order valence-electron chi connectivity index (χ2n) is 6.50. The van der Waals surface area contributed by atoms with Crippen LogP contribution in [0.25, 0.3) is 0 Å². The maximum Gasteiger partial charge on any atom is 0.239 e. The molecular weight excluding hydrogens is 345 g/mol. The summed E-state index contributed by atoms with van der Waals surface area (Å²) >= 11 is 0. The van der Waals surface area contributed by atoms with Crippen molar-refractivity contribution in [1.82, 2.24) is 9.80 Å². The first-order valence-electron chi connectivity index (χ1n) is 8.37. The van der Waals surface area contributed by atoms with Gasteiger partial charge in [-0.3, -0.25) is 4.79 Å². The topological polar surface area (TPSA) is 49.6 Å². The maximum absolute atomic E-state index is 12.5. The fourth-order valence-corrected chi connectivity index (χ4v) is 3.29. The highest BCUT2D eigenvalue weighted by Gasteiger charge is 2.29. The average Bonchev–Trinajstić information content (AvgIpc) is 2.96. The summed E-state index contributed by atoms with van der Waals surface area (Å²) in [5, 5.41) is 0. The van der Waals surface area contributed by atoms with Crippen LogP contribution in [-0.4, -0.2) is 55.0 Å². The van der Waals surface area contributed by atoms with Crippen LogP contribution in [0.15, 0.2) is 30.3 Å². The third-order valence-corrected chi connectivity index (χ3v) is 4.39. The largest absolute Gasteiger partial charge is 0.341 e. The van der Waals surface area contributed by atoms with Gasteiger partial charge in [0.15, 0.2) is 0 Å². The van der Waals surface area contributed by atoms with Gasteiger partial charge >= 0.3 is 0 Å². The van der Waals surface area contributed by atoms with Gasteiger partial charge in [0.1, 0.15) is 0 Å². The summed E-state index contributed by atoms with van der Waals surface area (Å²) in [6.07, 6.45) is 2.89. The Bertz CT molecular complexity index is 473. The van der Waals surface area contributed by atoms with Crippen molar-refractivity contribution in [3.05, 3.63) is 35.9 Å². The summed E-state index contributed by atoms with van der Waals surface area (Å²) in [4.78, 5) is 16.8. The Morgan fingerprint density at radius 1 is 1.33 bits per heavy atom. The van der Waals surface area contributed by atoms with Crippen molar-refractivity contribution in [2.45, 2.75) is 32.2 Å². The van der Waals surface area contributed by atoms with Crippen molar-refractivity contribution in [2.24, 2.45) is 11.7 Å². The molecule has 1 fully saturated rings. The number of nitrogens with two attached hydrogens (primary N) is 1. The Morgan fingerprint density at radius 2 is 2.00 bits per heavy atom. The van der Waals surface area contributed by atoms with Crippen LogP contribution < -0.4 is 5.73 Å². The number of hydrogen-bond donors (Lipinski definition) is 1. The zero-order chi connectivity index (χ0) is 15.9. The minimum atomic E-state index is -0.422. The first-order valence-corrected chi connectivity index (χ1v) is 8.37. The van der Waals surface area contributed by atoms with Crippen molar-refractivity contribution in [2.75, 3.05) is 33.2 Å². The highest BCUT2D eigenvalue weighted by Crippen LogP contribution is 2.18. The van der Waals surface area contributed by atoms with E-state index in [0.717, 1.165) is 38.2 Å². The molecule has 0 radical (unpaired) electrons. The van der Waals surface area contributed by atoms with Gasteiger partial charge in [0.25, 0.3) is 0 Å². The van der Waals surface area contributed by atoms with E-state index in [-0.39, 0.29) is 30.7 Å². The maximum atomic E-state index is 12.5. The van der Waals surface area contributed by atoms with Crippen molar-refractivity contribution in [3.63, 3.8) is 0 Å². The monoisotopic (exact) mass is 375 g/mol. The number of benzene rings is 1. The van der Waals surface area contributed by atoms with E-state index in [1.807, 2.05) is 35.2 Å². The molecule has 0 aromatic heterocycles. The lowest BCUT2D eigenvalue weighted by Gasteiger charge is -2.23. The third kappa shape index (κ3) is 6.98. The molecule has 1 aromatic carbocycles. The van der Waals surface area contributed by atoms with E-state index in [1.54, 1.807) is 0 Å².